The molecule has 0 aromatic carbocycles. The van der Waals surface area contributed by atoms with Crippen LogP contribution in [0.3, 0.4) is 0 Å². The zero-order valence-corrected chi connectivity index (χ0v) is 41.7. The van der Waals surface area contributed by atoms with Crippen molar-refractivity contribution in [3.63, 3.8) is 0 Å². The zero-order chi connectivity index (χ0) is 47.2. The van der Waals surface area contributed by atoms with Crippen LogP contribution in [-0.2, 0) is 28.6 Å². The van der Waals surface area contributed by atoms with Crippen LogP contribution in [0.1, 0.15) is 213 Å². The quantitative estimate of drug-likeness (QED) is 0.0199. The van der Waals surface area contributed by atoms with E-state index in [-0.39, 0.29) is 37.5 Å². The molecule has 1 atom stereocenters. The van der Waals surface area contributed by atoms with Crippen LogP contribution in [0.4, 0.5) is 0 Å². The first-order valence-electron chi connectivity index (χ1n) is 26.1. The second-order valence-electron chi connectivity index (χ2n) is 16.8. The Balaban J connectivity index is 4.57. The average Bonchev–Trinajstić information content (AvgIpc) is 3.30. The number of hydrogen-bond acceptors (Lipinski definition) is 6. The molecule has 0 saturated carbocycles. The molecule has 0 bridgehead atoms. The van der Waals surface area contributed by atoms with Gasteiger partial charge in [0.25, 0.3) is 0 Å². The lowest BCUT2D eigenvalue weighted by molar-refractivity contribution is -0.166. The molecule has 0 aliphatic heterocycles. The van der Waals surface area contributed by atoms with Crippen molar-refractivity contribution >= 4 is 17.9 Å². The number of carbonyl (C=O) groups is 3. The molecule has 0 aliphatic carbocycles. The van der Waals surface area contributed by atoms with Gasteiger partial charge in [-0.1, -0.05) is 245 Å². The molecule has 0 aromatic heterocycles. The molecule has 0 radical (unpaired) electrons. The van der Waals surface area contributed by atoms with Gasteiger partial charge in [-0.25, -0.2) is 0 Å². The van der Waals surface area contributed by atoms with Gasteiger partial charge in [0.1, 0.15) is 13.2 Å². The summed E-state index contributed by atoms with van der Waals surface area (Å²) in [5.74, 6) is -1.05. The van der Waals surface area contributed by atoms with Crippen molar-refractivity contribution in [1.29, 1.82) is 0 Å². The molecule has 0 aliphatic rings. The molecule has 6 heteroatoms. The maximum absolute atomic E-state index is 12.8. The van der Waals surface area contributed by atoms with Crippen LogP contribution in [0, 0.1) is 0 Å². The Morgan fingerprint density at radius 1 is 0.338 bits per heavy atom. The van der Waals surface area contributed by atoms with E-state index >= 15 is 0 Å². The Bertz CT molecular complexity index is 1400. The number of carbonyl (C=O) groups excluding carboxylic acids is 3. The highest BCUT2D eigenvalue weighted by Gasteiger charge is 2.19. The summed E-state index contributed by atoms with van der Waals surface area (Å²) in [5, 5.41) is 0. The molecule has 0 amide bonds. The summed E-state index contributed by atoms with van der Waals surface area (Å²) in [6.07, 6.45) is 71.9. The molecule has 0 rings (SSSR count). The van der Waals surface area contributed by atoms with Gasteiger partial charge in [0.2, 0.25) is 0 Å². The van der Waals surface area contributed by atoms with Crippen LogP contribution >= 0.6 is 0 Å². The monoisotopic (exact) mass is 899 g/mol. The van der Waals surface area contributed by atoms with Gasteiger partial charge >= 0.3 is 17.9 Å². The minimum absolute atomic E-state index is 0.125. The van der Waals surface area contributed by atoms with E-state index in [1.165, 1.54) is 83.5 Å². The van der Waals surface area contributed by atoms with Crippen molar-refractivity contribution in [2.75, 3.05) is 13.2 Å². The predicted molar refractivity (Wildman–Crippen MR) is 279 cm³/mol. The summed E-state index contributed by atoms with van der Waals surface area (Å²) in [5.41, 5.74) is 0. The number of hydrogen-bond donors (Lipinski definition) is 0. The predicted octanol–water partition coefficient (Wildman–Crippen LogP) is 17.3. The molecule has 1 unspecified atom stereocenters. The van der Waals surface area contributed by atoms with Gasteiger partial charge in [-0.05, 0) is 70.6 Å². The molecule has 0 spiro atoms. The SMILES string of the molecule is CC\C=C/C=C\C=C/C=C\C=C/CCCCCC(=O)OCC(COC(=O)CC/C=C\C/C=C\C/C=C\C/C=C\C/C=C\CC)OC(=O)CCCCCCCCCCCCCCCCCC. The average molecular weight is 899 g/mol. The van der Waals surface area contributed by atoms with E-state index in [1.807, 2.05) is 60.8 Å². The van der Waals surface area contributed by atoms with Crippen molar-refractivity contribution in [1.82, 2.24) is 0 Å². The molecular weight excluding hydrogens is 805 g/mol. The molecule has 65 heavy (non-hydrogen) atoms. The van der Waals surface area contributed by atoms with E-state index in [0.717, 1.165) is 83.5 Å². The number of allylic oxidation sites excluding steroid dienone is 20. The summed E-state index contributed by atoms with van der Waals surface area (Å²) in [6.45, 7) is 6.27. The van der Waals surface area contributed by atoms with E-state index in [2.05, 4.69) is 81.5 Å². The highest BCUT2D eigenvalue weighted by atomic mass is 16.6. The molecule has 0 fully saturated rings. The fourth-order valence-electron chi connectivity index (χ4n) is 6.75. The van der Waals surface area contributed by atoms with Crippen LogP contribution in [0.25, 0.3) is 0 Å². The van der Waals surface area contributed by atoms with Crippen molar-refractivity contribution in [3.05, 3.63) is 122 Å². The standard InChI is InChI=1S/C59H94O6/c1-4-7-10-13-16-19-22-25-28-31-34-37-40-43-46-49-52-58(61)64-55-56(54-63-57(60)51-48-45-42-39-36-33-30-27-24-21-18-15-12-9-6-3)65-59(62)53-50-47-44-41-38-35-32-29-26-23-20-17-14-11-8-5-2/h7,9-10,12,15-16,18-19,21,24-25,27-28,30,33-34,36-37,43,46,56H,4-6,8,11,13-14,17,20,22-23,26,29,31-32,35,38-42,44-45,47-55H2,1-3H3/b10-7-,12-9-,18-15-,19-16-,24-21-,28-25-,30-27-,36-33-,37-34-,46-43-. The lowest BCUT2D eigenvalue weighted by Gasteiger charge is -2.18. The van der Waals surface area contributed by atoms with Crippen molar-refractivity contribution < 1.29 is 28.6 Å². The van der Waals surface area contributed by atoms with Gasteiger partial charge in [0.15, 0.2) is 6.10 Å². The molecular formula is C59H94O6. The Labute approximate surface area is 399 Å². The first-order valence-corrected chi connectivity index (χ1v) is 26.1. The second-order valence-corrected chi connectivity index (χ2v) is 16.8. The lowest BCUT2D eigenvalue weighted by atomic mass is 10.0. The first-order chi connectivity index (χ1) is 32.0. The van der Waals surface area contributed by atoms with Gasteiger partial charge in [0.05, 0.1) is 0 Å². The minimum atomic E-state index is -0.827. The largest absolute Gasteiger partial charge is 0.462 e. The molecule has 0 heterocycles. The third kappa shape index (κ3) is 50.7. The Morgan fingerprint density at radius 3 is 1.18 bits per heavy atom. The van der Waals surface area contributed by atoms with E-state index in [0.29, 0.717) is 19.3 Å². The number of rotatable bonds is 45. The first kappa shape index (κ1) is 60.8. The highest BCUT2D eigenvalue weighted by Crippen LogP contribution is 2.15. The molecule has 0 aromatic rings. The van der Waals surface area contributed by atoms with Crippen molar-refractivity contribution in [2.24, 2.45) is 0 Å². The summed E-state index contributed by atoms with van der Waals surface area (Å²) >= 11 is 0. The lowest BCUT2D eigenvalue weighted by Crippen LogP contribution is -2.30. The maximum Gasteiger partial charge on any atom is 0.306 e. The summed E-state index contributed by atoms with van der Waals surface area (Å²) < 4.78 is 16.7. The van der Waals surface area contributed by atoms with Gasteiger partial charge < -0.3 is 14.2 Å². The van der Waals surface area contributed by atoms with Crippen molar-refractivity contribution in [2.45, 2.75) is 219 Å². The Morgan fingerprint density at radius 2 is 0.708 bits per heavy atom. The summed E-state index contributed by atoms with van der Waals surface area (Å²) in [4.78, 5) is 38.0. The number of esters is 3. The molecule has 6 nitrogen and oxygen atoms in total. The van der Waals surface area contributed by atoms with E-state index < -0.39 is 6.10 Å². The number of unbranched alkanes of at least 4 members (excludes halogenated alkanes) is 18. The van der Waals surface area contributed by atoms with Gasteiger partial charge in [-0.3, -0.25) is 14.4 Å². The molecule has 0 N–H and O–H groups in total. The zero-order valence-electron chi connectivity index (χ0n) is 41.7. The topological polar surface area (TPSA) is 78.9 Å². The third-order valence-electron chi connectivity index (χ3n) is 10.6. The van der Waals surface area contributed by atoms with Crippen LogP contribution in [0.5, 0.6) is 0 Å². The highest BCUT2D eigenvalue weighted by molar-refractivity contribution is 5.71. The number of ether oxygens (including phenoxy) is 3. The van der Waals surface area contributed by atoms with Crippen LogP contribution < -0.4 is 0 Å². The Kier molecular flexibility index (Phi) is 49.1. The van der Waals surface area contributed by atoms with E-state index in [4.69, 9.17) is 14.2 Å². The van der Waals surface area contributed by atoms with E-state index in [1.54, 1.807) is 0 Å². The summed E-state index contributed by atoms with van der Waals surface area (Å²) in [7, 11) is 0. The smallest absolute Gasteiger partial charge is 0.306 e. The summed E-state index contributed by atoms with van der Waals surface area (Å²) in [6, 6.07) is 0. The molecule has 0 saturated heterocycles. The van der Waals surface area contributed by atoms with Gasteiger partial charge in [0, 0.05) is 19.3 Å². The normalized spacial score (nSPS) is 13.1. The van der Waals surface area contributed by atoms with Crippen molar-refractivity contribution in [3.8, 4) is 0 Å². The van der Waals surface area contributed by atoms with Crippen LogP contribution in [0.2, 0.25) is 0 Å². The van der Waals surface area contributed by atoms with Gasteiger partial charge in [-0.15, -0.1) is 0 Å². The third-order valence-corrected chi connectivity index (χ3v) is 10.6. The van der Waals surface area contributed by atoms with Gasteiger partial charge in [-0.2, -0.15) is 0 Å². The Hall–Kier alpha value is -4.19. The van der Waals surface area contributed by atoms with Crippen LogP contribution in [0.15, 0.2) is 122 Å². The minimum Gasteiger partial charge on any atom is -0.462 e. The van der Waals surface area contributed by atoms with Crippen LogP contribution in [-0.4, -0.2) is 37.2 Å². The van der Waals surface area contributed by atoms with E-state index in [9.17, 15) is 14.4 Å². The maximum atomic E-state index is 12.8. The second kappa shape index (κ2) is 52.4. The fourth-order valence-corrected chi connectivity index (χ4v) is 6.75. The fraction of sp³-hybridized carbons (Fsp3) is 0.610. The molecule has 366 valence electrons.